The lowest BCUT2D eigenvalue weighted by atomic mass is 9.71. The maximum atomic E-state index is 13.1. The van der Waals surface area contributed by atoms with Crippen LogP contribution in [0.15, 0.2) is 78.9 Å². The molecule has 1 atom stereocenters. The Bertz CT molecular complexity index is 883. The van der Waals surface area contributed by atoms with E-state index in [-0.39, 0.29) is 5.91 Å². The van der Waals surface area contributed by atoms with Gasteiger partial charge in [-0.1, -0.05) is 78.4 Å². The summed E-state index contributed by atoms with van der Waals surface area (Å²) in [6.07, 6.45) is 0.653. The van der Waals surface area contributed by atoms with Crippen molar-refractivity contribution in [1.29, 1.82) is 0 Å². The summed E-state index contributed by atoms with van der Waals surface area (Å²) in [5.74, 6) is 0.0514. The van der Waals surface area contributed by atoms with Crippen LogP contribution in [0.4, 0.5) is 5.69 Å². The molecule has 118 valence electrons. The van der Waals surface area contributed by atoms with Crippen molar-refractivity contribution in [1.82, 2.24) is 0 Å². The molecule has 0 radical (unpaired) electrons. The van der Waals surface area contributed by atoms with E-state index in [1.807, 2.05) is 36.4 Å². The fraction of sp³-hybridized carbons (Fsp3) is 0.136. The van der Waals surface area contributed by atoms with E-state index in [0.29, 0.717) is 6.42 Å². The minimum Gasteiger partial charge on any atom is -0.325 e. The highest BCUT2D eigenvalue weighted by atomic mass is 16.2. The van der Waals surface area contributed by atoms with Gasteiger partial charge in [0.05, 0.1) is 0 Å². The van der Waals surface area contributed by atoms with Gasteiger partial charge in [-0.15, -0.1) is 0 Å². The number of hydrogen-bond acceptors (Lipinski definition) is 1. The third kappa shape index (κ3) is 2.23. The summed E-state index contributed by atoms with van der Waals surface area (Å²) in [5, 5.41) is 3.08. The fourth-order valence-electron chi connectivity index (χ4n) is 3.61. The monoisotopic (exact) mass is 313 g/mol. The van der Waals surface area contributed by atoms with Crippen molar-refractivity contribution in [3.8, 4) is 0 Å². The molecule has 24 heavy (non-hydrogen) atoms. The highest BCUT2D eigenvalue weighted by Crippen LogP contribution is 2.45. The Kier molecular flexibility index (Phi) is 3.46. The van der Waals surface area contributed by atoms with Gasteiger partial charge in [-0.3, -0.25) is 4.79 Å². The lowest BCUT2D eigenvalue weighted by Gasteiger charge is -2.28. The van der Waals surface area contributed by atoms with E-state index in [2.05, 4.69) is 54.7 Å². The third-order valence-corrected chi connectivity index (χ3v) is 4.88. The van der Waals surface area contributed by atoms with Crippen LogP contribution >= 0.6 is 0 Å². The zero-order chi connectivity index (χ0) is 16.6. The van der Waals surface area contributed by atoms with Crippen LogP contribution in [-0.2, 0) is 16.6 Å². The van der Waals surface area contributed by atoms with E-state index in [0.717, 1.165) is 22.4 Å². The van der Waals surface area contributed by atoms with Crippen LogP contribution in [-0.4, -0.2) is 5.91 Å². The van der Waals surface area contributed by atoms with E-state index in [1.54, 1.807) is 0 Å². The molecule has 3 aromatic carbocycles. The van der Waals surface area contributed by atoms with Gasteiger partial charge in [0.2, 0.25) is 5.91 Å². The second-order valence-corrected chi connectivity index (χ2v) is 6.43. The van der Waals surface area contributed by atoms with Gasteiger partial charge in [-0.05, 0) is 36.1 Å². The summed E-state index contributed by atoms with van der Waals surface area (Å²) in [6, 6.07) is 26.6. The molecule has 1 amide bonds. The molecule has 1 aliphatic heterocycles. The summed E-state index contributed by atoms with van der Waals surface area (Å²) < 4.78 is 0. The van der Waals surface area contributed by atoms with Gasteiger partial charge in [-0.25, -0.2) is 0 Å². The molecule has 2 nitrogen and oxygen atoms in total. The maximum Gasteiger partial charge on any atom is 0.239 e. The number of hydrogen-bond donors (Lipinski definition) is 1. The molecular formula is C22H19NO. The molecule has 3 aromatic rings. The summed E-state index contributed by atoms with van der Waals surface area (Å²) in [4.78, 5) is 13.1. The molecule has 4 rings (SSSR count). The van der Waals surface area contributed by atoms with Gasteiger partial charge >= 0.3 is 0 Å². The van der Waals surface area contributed by atoms with Gasteiger partial charge in [0.1, 0.15) is 5.41 Å². The van der Waals surface area contributed by atoms with Gasteiger partial charge in [0.15, 0.2) is 0 Å². The lowest BCUT2D eigenvalue weighted by molar-refractivity contribution is -0.119. The number of amides is 1. The molecule has 1 heterocycles. The standard InChI is InChI=1S/C22H19NO/c1-16-11-13-17(14-12-16)15-22(18-7-3-2-4-8-18)19-9-5-6-10-20(19)23-21(22)24/h2-14H,15H2,1H3,(H,23,24)/t22-/m1/s1. The largest absolute Gasteiger partial charge is 0.325 e. The molecule has 0 aliphatic carbocycles. The second kappa shape index (κ2) is 5.64. The quantitative estimate of drug-likeness (QED) is 0.759. The number of rotatable bonds is 3. The Labute approximate surface area is 142 Å². The molecule has 0 aromatic heterocycles. The van der Waals surface area contributed by atoms with Crippen molar-refractivity contribution in [3.63, 3.8) is 0 Å². The van der Waals surface area contributed by atoms with Crippen LogP contribution < -0.4 is 5.32 Å². The zero-order valence-corrected chi connectivity index (χ0v) is 13.6. The van der Waals surface area contributed by atoms with Gasteiger partial charge in [0, 0.05) is 5.69 Å². The molecule has 1 aliphatic rings. The first-order chi connectivity index (χ1) is 11.7. The SMILES string of the molecule is Cc1ccc(C[C@]2(c3ccccc3)C(=O)Nc3ccccc32)cc1. The van der Waals surface area contributed by atoms with Crippen LogP contribution in [0.1, 0.15) is 22.3 Å². The van der Waals surface area contributed by atoms with Crippen molar-refractivity contribution in [2.24, 2.45) is 0 Å². The first-order valence-electron chi connectivity index (χ1n) is 8.22. The lowest BCUT2D eigenvalue weighted by Crippen LogP contribution is -2.38. The van der Waals surface area contributed by atoms with Crippen molar-refractivity contribution >= 4 is 11.6 Å². The van der Waals surface area contributed by atoms with Crippen LogP contribution in [0.25, 0.3) is 0 Å². The molecule has 1 N–H and O–H groups in total. The zero-order valence-electron chi connectivity index (χ0n) is 13.6. The average molecular weight is 313 g/mol. The minimum absolute atomic E-state index is 0.0514. The molecular weight excluding hydrogens is 294 g/mol. The topological polar surface area (TPSA) is 29.1 Å². The molecule has 0 bridgehead atoms. The van der Waals surface area contributed by atoms with E-state index >= 15 is 0 Å². The van der Waals surface area contributed by atoms with E-state index < -0.39 is 5.41 Å². The van der Waals surface area contributed by atoms with Crippen LogP contribution in [0.5, 0.6) is 0 Å². The molecule has 0 fully saturated rings. The average Bonchev–Trinajstić information content (AvgIpc) is 2.90. The Morgan fingerprint density at radius 3 is 2.25 bits per heavy atom. The Morgan fingerprint density at radius 1 is 0.833 bits per heavy atom. The first-order valence-corrected chi connectivity index (χ1v) is 8.22. The van der Waals surface area contributed by atoms with Crippen molar-refractivity contribution in [3.05, 3.63) is 101 Å². The molecule has 0 saturated heterocycles. The fourth-order valence-corrected chi connectivity index (χ4v) is 3.61. The predicted molar refractivity (Wildman–Crippen MR) is 97.2 cm³/mol. The molecule has 0 unspecified atom stereocenters. The number of fused-ring (bicyclic) bond motifs is 1. The third-order valence-electron chi connectivity index (χ3n) is 4.88. The molecule has 0 saturated carbocycles. The van der Waals surface area contributed by atoms with E-state index in [9.17, 15) is 4.79 Å². The highest BCUT2D eigenvalue weighted by molar-refractivity contribution is 6.08. The summed E-state index contributed by atoms with van der Waals surface area (Å²) in [5.41, 5.74) is 4.72. The predicted octanol–water partition coefficient (Wildman–Crippen LogP) is 4.48. The molecule has 0 spiro atoms. The second-order valence-electron chi connectivity index (χ2n) is 6.43. The Balaban J connectivity index is 1.91. The van der Waals surface area contributed by atoms with E-state index in [1.165, 1.54) is 5.56 Å². The van der Waals surface area contributed by atoms with Crippen LogP contribution in [0.3, 0.4) is 0 Å². The highest BCUT2D eigenvalue weighted by Gasteiger charge is 2.47. The van der Waals surface area contributed by atoms with Gasteiger partial charge in [-0.2, -0.15) is 0 Å². The minimum atomic E-state index is -0.674. The summed E-state index contributed by atoms with van der Waals surface area (Å²) >= 11 is 0. The van der Waals surface area contributed by atoms with Gasteiger partial charge < -0.3 is 5.32 Å². The number of carbonyl (C=O) groups is 1. The normalized spacial score (nSPS) is 19.0. The number of para-hydroxylation sites is 1. The maximum absolute atomic E-state index is 13.1. The molecule has 2 heteroatoms. The van der Waals surface area contributed by atoms with Crippen molar-refractivity contribution < 1.29 is 4.79 Å². The Hall–Kier alpha value is -2.87. The number of nitrogens with one attached hydrogen (secondary N) is 1. The van der Waals surface area contributed by atoms with Crippen molar-refractivity contribution in [2.45, 2.75) is 18.8 Å². The Morgan fingerprint density at radius 2 is 1.50 bits per heavy atom. The van der Waals surface area contributed by atoms with E-state index in [4.69, 9.17) is 0 Å². The summed E-state index contributed by atoms with van der Waals surface area (Å²) in [7, 11) is 0. The summed E-state index contributed by atoms with van der Waals surface area (Å²) in [6.45, 7) is 2.08. The van der Waals surface area contributed by atoms with Crippen LogP contribution in [0, 0.1) is 6.92 Å². The van der Waals surface area contributed by atoms with Crippen molar-refractivity contribution in [2.75, 3.05) is 5.32 Å². The number of benzene rings is 3. The van der Waals surface area contributed by atoms with Crippen LogP contribution in [0.2, 0.25) is 0 Å². The van der Waals surface area contributed by atoms with Gasteiger partial charge in [0.25, 0.3) is 0 Å². The number of anilines is 1. The smallest absolute Gasteiger partial charge is 0.239 e. The number of carbonyl (C=O) groups excluding carboxylic acids is 1. The first kappa shape index (κ1) is 14.7. The number of aryl methyl sites for hydroxylation is 1.